The van der Waals surface area contributed by atoms with Crippen molar-refractivity contribution in [2.45, 2.75) is 12.8 Å². The van der Waals surface area contributed by atoms with Crippen molar-refractivity contribution in [3.05, 3.63) is 42.0 Å². The number of amides is 1. The number of nitrogens with zero attached hydrogens (tertiary/aromatic N) is 1. The van der Waals surface area contributed by atoms with Gasteiger partial charge in [0.05, 0.1) is 27.0 Å². The molecule has 0 spiro atoms. The fraction of sp³-hybridized carbons (Fsp3) is 0.350. The SMILES string of the molecule is COc1cc(OC)cc(C(=O)Nc2cc(N3CCCC3)ccc2OC)c1. The third-order valence-electron chi connectivity index (χ3n) is 4.52. The first-order chi connectivity index (χ1) is 12.6. The van der Waals surface area contributed by atoms with E-state index in [9.17, 15) is 4.79 Å². The third-order valence-corrected chi connectivity index (χ3v) is 4.52. The van der Waals surface area contributed by atoms with Gasteiger partial charge in [-0.1, -0.05) is 0 Å². The van der Waals surface area contributed by atoms with Crippen molar-refractivity contribution in [2.75, 3.05) is 44.6 Å². The molecule has 1 aliphatic rings. The van der Waals surface area contributed by atoms with Crippen LogP contribution < -0.4 is 24.4 Å². The van der Waals surface area contributed by atoms with Crippen LogP contribution in [0.1, 0.15) is 23.2 Å². The smallest absolute Gasteiger partial charge is 0.256 e. The van der Waals surface area contributed by atoms with E-state index in [2.05, 4.69) is 10.2 Å². The van der Waals surface area contributed by atoms with Crippen LogP contribution >= 0.6 is 0 Å². The Morgan fingerprint density at radius 1 is 0.923 bits per heavy atom. The second-order valence-corrected chi connectivity index (χ2v) is 6.13. The van der Waals surface area contributed by atoms with E-state index in [0.717, 1.165) is 18.8 Å². The van der Waals surface area contributed by atoms with Crippen LogP contribution in [0.4, 0.5) is 11.4 Å². The molecular formula is C20H24N2O4. The highest BCUT2D eigenvalue weighted by atomic mass is 16.5. The second-order valence-electron chi connectivity index (χ2n) is 6.13. The number of ether oxygens (including phenoxy) is 3. The Bertz CT molecular complexity index is 763. The maximum Gasteiger partial charge on any atom is 0.256 e. The molecule has 1 saturated heterocycles. The lowest BCUT2D eigenvalue weighted by Crippen LogP contribution is -2.18. The summed E-state index contributed by atoms with van der Waals surface area (Å²) in [5.41, 5.74) is 2.18. The minimum atomic E-state index is -0.251. The van der Waals surface area contributed by atoms with Crippen molar-refractivity contribution >= 4 is 17.3 Å². The Balaban J connectivity index is 1.87. The number of carbonyl (C=O) groups excluding carboxylic acids is 1. The molecule has 1 heterocycles. The van der Waals surface area contributed by atoms with Crippen LogP contribution in [-0.2, 0) is 0 Å². The van der Waals surface area contributed by atoms with E-state index in [0.29, 0.717) is 28.5 Å². The van der Waals surface area contributed by atoms with Gasteiger partial charge in [-0.2, -0.15) is 0 Å². The van der Waals surface area contributed by atoms with Gasteiger partial charge in [0.25, 0.3) is 5.91 Å². The molecule has 0 aromatic heterocycles. The monoisotopic (exact) mass is 356 g/mol. The standard InChI is InChI=1S/C20H24N2O4/c1-24-16-10-14(11-17(13-16)25-2)20(23)21-18-12-15(6-7-19(18)26-3)22-8-4-5-9-22/h6-7,10-13H,4-5,8-9H2,1-3H3,(H,21,23). The highest BCUT2D eigenvalue weighted by molar-refractivity contribution is 6.05. The Morgan fingerprint density at radius 3 is 2.15 bits per heavy atom. The predicted octanol–water partition coefficient (Wildman–Crippen LogP) is 3.56. The van der Waals surface area contributed by atoms with E-state index < -0.39 is 0 Å². The van der Waals surface area contributed by atoms with Gasteiger partial charge in [0.2, 0.25) is 0 Å². The largest absolute Gasteiger partial charge is 0.497 e. The lowest BCUT2D eigenvalue weighted by Gasteiger charge is -2.20. The van der Waals surface area contributed by atoms with E-state index in [1.54, 1.807) is 39.5 Å². The number of hydrogen-bond acceptors (Lipinski definition) is 5. The van der Waals surface area contributed by atoms with E-state index >= 15 is 0 Å². The fourth-order valence-corrected chi connectivity index (χ4v) is 3.10. The summed E-state index contributed by atoms with van der Waals surface area (Å²) in [7, 11) is 4.70. The average molecular weight is 356 g/mol. The molecule has 1 N–H and O–H groups in total. The Morgan fingerprint density at radius 2 is 1.58 bits per heavy atom. The lowest BCUT2D eigenvalue weighted by atomic mass is 10.1. The third kappa shape index (κ3) is 3.85. The minimum Gasteiger partial charge on any atom is -0.497 e. The first kappa shape index (κ1) is 17.9. The summed E-state index contributed by atoms with van der Waals surface area (Å²) in [5, 5.41) is 2.94. The van der Waals surface area contributed by atoms with Crippen LogP contribution in [0.25, 0.3) is 0 Å². The number of nitrogens with one attached hydrogen (secondary N) is 1. The van der Waals surface area contributed by atoms with Crippen molar-refractivity contribution in [1.82, 2.24) is 0 Å². The number of benzene rings is 2. The lowest BCUT2D eigenvalue weighted by molar-refractivity contribution is 0.102. The van der Waals surface area contributed by atoms with Gasteiger partial charge in [0.15, 0.2) is 0 Å². The molecule has 1 aliphatic heterocycles. The first-order valence-corrected chi connectivity index (χ1v) is 8.62. The van der Waals surface area contributed by atoms with E-state index in [-0.39, 0.29) is 5.91 Å². The van der Waals surface area contributed by atoms with Crippen LogP contribution in [0.3, 0.4) is 0 Å². The van der Waals surface area contributed by atoms with Gasteiger partial charge in [-0.25, -0.2) is 0 Å². The van der Waals surface area contributed by atoms with Crippen molar-refractivity contribution in [3.63, 3.8) is 0 Å². The number of methoxy groups -OCH3 is 3. The molecule has 3 rings (SSSR count). The summed E-state index contributed by atoms with van der Waals surface area (Å²) >= 11 is 0. The molecule has 1 amide bonds. The van der Waals surface area contributed by atoms with Crippen molar-refractivity contribution < 1.29 is 19.0 Å². The molecule has 6 nitrogen and oxygen atoms in total. The maximum atomic E-state index is 12.8. The van der Waals surface area contributed by atoms with Crippen LogP contribution in [0, 0.1) is 0 Å². The highest BCUT2D eigenvalue weighted by Gasteiger charge is 2.17. The molecule has 0 unspecified atom stereocenters. The van der Waals surface area contributed by atoms with E-state index in [1.807, 2.05) is 18.2 Å². The van der Waals surface area contributed by atoms with Gasteiger partial charge in [-0.15, -0.1) is 0 Å². The van der Waals surface area contributed by atoms with Crippen molar-refractivity contribution in [2.24, 2.45) is 0 Å². The Hall–Kier alpha value is -2.89. The van der Waals surface area contributed by atoms with Gasteiger partial charge >= 0.3 is 0 Å². The molecule has 6 heteroatoms. The summed E-state index contributed by atoms with van der Waals surface area (Å²) in [6, 6.07) is 10.9. The summed E-state index contributed by atoms with van der Waals surface area (Å²) < 4.78 is 15.9. The van der Waals surface area contributed by atoms with Gasteiger partial charge in [0.1, 0.15) is 17.2 Å². The van der Waals surface area contributed by atoms with Crippen LogP contribution in [0.5, 0.6) is 17.2 Å². The van der Waals surface area contributed by atoms with Crippen molar-refractivity contribution in [3.8, 4) is 17.2 Å². The molecule has 0 aliphatic carbocycles. The normalized spacial score (nSPS) is 13.4. The molecule has 2 aromatic rings. The van der Waals surface area contributed by atoms with Gasteiger partial charge in [0, 0.05) is 30.4 Å². The number of rotatable bonds is 6. The molecular weight excluding hydrogens is 332 g/mol. The molecule has 138 valence electrons. The summed E-state index contributed by atoms with van der Waals surface area (Å²) in [6.45, 7) is 2.07. The zero-order valence-corrected chi connectivity index (χ0v) is 15.4. The van der Waals surface area contributed by atoms with E-state index in [1.165, 1.54) is 12.8 Å². The molecule has 0 atom stereocenters. The average Bonchev–Trinajstić information content (AvgIpc) is 3.22. The summed E-state index contributed by atoms with van der Waals surface area (Å²) in [5.74, 6) is 1.50. The van der Waals surface area contributed by atoms with Gasteiger partial charge in [-0.05, 0) is 43.2 Å². The number of anilines is 2. The Labute approximate surface area is 153 Å². The second kappa shape index (κ2) is 7.99. The number of carbonyl (C=O) groups is 1. The Kier molecular flexibility index (Phi) is 5.51. The predicted molar refractivity (Wildman–Crippen MR) is 102 cm³/mol. The minimum absolute atomic E-state index is 0.251. The fourth-order valence-electron chi connectivity index (χ4n) is 3.10. The molecule has 2 aromatic carbocycles. The quantitative estimate of drug-likeness (QED) is 0.857. The summed E-state index contributed by atoms with van der Waals surface area (Å²) in [6.07, 6.45) is 2.38. The van der Waals surface area contributed by atoms with Gasteiger partial charge in [-0.3, -0.25) is 4.79 Å². The highest BCUT2D eigenvalue weighted by Crippen LogP contribution is 2.32. The van der Waals surface area contributed by atoms with Crippen molar-refractivity contribution in [1.29, 1.82) is 0 Å². The number of hydrogen-bond donors (Lipinski definition) is 1. The van der Waals surface area contributed by atoms with Gasteiger partial charge < -0.3 is 24.4 Å². The van der Waals surface area contributed by atoms with Crippen LogP contribution in [0.15, 0.2) is 36.4 Å². The van der Waals surface area contributed by atoms with Crippen LogP contribution in [0.2, 0.25) is 0 Å². The summed E-state index contributed by atoms with van der Waals surface area (Å²) in [4.78, 5) is 15.1. The van der Waals surface area contributed by atoms with E-state index in [4.69, 9.17) is 14.2 Å². The maximum absolute atomic E-state index is 12.8. The molecule has 0 saturated carbocycles. The first-order valence-electron chi connectivity index (χ1n) is 8.62. The molecule has 26 heavy (non-hydrogen) atoms. The topological polar surface area (TPSA) is 60.0 Å². The zero-order chi connectivity index (χ0) is 18.5. The van der Waals surface area contributed by atoms with Crippen LogP contribution in [-0.4, -0.2) is 40.3 Å². The zero-order valence-electron chi connectivity index (χ0n) is 15.4. The molecule has 0 radical (unpaired) electrons. The molecule has 1 fully saturated rings. The molecule has 0 bridgehead atoms.